The number of carbonyl (C=O) groups is 3. The van der Waals surface area contributed by atoms with E-state index in [0.29, 0.717) is 31.1 Å². The molecule has 5 aliphatic rings. The van der Waals surface area contributed by atoms with Crippen LogP contribution in [0.1, 0.15) is 94.3 Å². The molecule has 0 bridgehead atoms. The quantitative estimate of drug-likeness (QED) is 0.330. The summed E-state index contributed by atoms with van der Waals surface area (Å²) < 4.78 is 43.7. The lowest BCUT2D eigenvalue weighted by Crippen LogP contribution is -2.61. The van der Waals surface area contributed by atoms with Crippen LogP contribution in [0.3, 0.4) is 0 Å². The molecule has 6 rings (SSSR count). The fourth-order valence-electron chi connectivity index (χ4n) is 8.58. The fourth-order valence-corrected chi connectivity index (χ4v) is 8.58. The minimum atomic E-state index is -5.08. The molecule has 4 saturated heterocycles. The average Bonchev–Trinajstić information content (AvgIpc) is 3.13. The molecule has 13 heteroatoms. The Hall–Kier alpha value is -3.06. The van der Waals surface area contributed by atoms with E-state index in [1.807, 2.05) is 18.2 Å². The van der Waals surface area contributed by atoms with Gasteiger partial charge in [-0.05, 0) is 50.2 Å². The van der Waals surface area contributed by atoms with Crippen molar-refractivity contribution in [2.45, 2.75) is 102 Å². The number of para-hydroxylation sites is 1. The van der Waals surface area contributed by atoms with Crippen LogP contribution >= 0.6 is 0 Å². The van der Waals surface area contributed by atoms with Gasteiger partial charge in [0.15, 0.2) is 0 Å². The molecule has 280 valence electrons. The van der Waals surface area contributed by atoms with E-state index in [2.05, 4.69) is 32.6 Å². The van der Waals surface area contributed by atoms with Crippen LogP contribution in [0.25, 0.3) is 0 Å². The summed E-state index contributed by atoms with van der Waals surface area (Å²) in [6.07, 6.45) is 8.76. The number of rotatable bonds is 8. The topological polar surface area (TPSA) is 103 Å². The first kappa shape index (κ1) is 38.2. The molecule has 1 aliphatic carbocycles. The predicted molar refractivity (Wildman–Crippen MR) is 183 cm³/mol. The number of carboxylic acid groups (broad SMARTS) is 1. The van der Waals surface area contributed by atoms with E-state index in [1.54, 1.807) is 0 Å². The van der Waals surface area contributed by atoms with E-state index >= 15 is 0 Å². The number of hydrogen-bond donors (Lipinski definition) is 1. The number of unbranched alkanes of at least 4 members (excludes halogenated alkanes) is 1. The Kier molecular flexibility index (Phi) is 13.3. The van der Waals surface area contributed by atoms with E-state index < -0.39 is 12.1 Å². The Balaban J connectivity index is 0.000000630. The highest BCUT2D eigenvalue weighted by Gasteiger charge is 2.50. The highest BCUT2D eigenvalue weighted by molar-refractivity contribution is 6.00. The van der Waals surface area contributed by atoms with Crippen molar-refractivity contribution in [1.82, 2.24) is 14.7 Å². The smallest absolute Gasteiger partial charge is 0.475 e. The van der Waals surface area contributed by atoms with Gasteiger partial charge in [-0.1, -0.05) is 51.2 Å². The molecule has 5 fully saturated rings. The predicted octanol–water partition coefficient (Wildman–Crippen LogP) is 6.43. The summed E-state index contributed by atoms with van der Waals surface area (Å²) in [6.45, 7) is 10.7. The maximum atomic E-state index is 13.7. The van der Waals surface area contributed by atoms with E-state index in [1.165, 1.54) is 44.9 Å². The normalized spacial score (nSPS) is 24.0. The van der Waals surface area contributed by atoms with Crippen molar-refractivity contribution in [1.29, 1.82) is 0 Å². The molecule has 50 heavy (non-hydrogen) atoms. The van der Waals surface area contributed by atoms with Gasteiger partial charge in [0.25, 0.3) is 5.91 Å². The third kappa shape index (κ3) is 9.63. The number of aliphatic carboxylic acids is 1. The highest BCUT2D eigenvalue weighted by Crippen LogP contribution is 2.42. The molecule has 4 heterocycles. The van der Waals surface area contributed by atoms with Gasteiger partial charge in [0.2, 0.25) is 0 Å². The summed E-state index contributed by atoms with van der Waals surface area (Å²) in [7, 11) is 0. The third-order valence-electron chi connectivity index (χ3n) is 11.5. The third-order valence-corrected chi connectivity index (χ3v) is 11.5. The number of morpholine rings is 1. The van der Waals surface area contributed by atoms with Crippen molar-refractivity contribution in [2.24, 2.45) is 11.8 Å². The molecule has 0 aromatic heterocycles. The summed E-state index contributed by atoms with van der Waals surface area (Å²) in [5.41, 5.74) is 1.56. The minimum absolute atomic E-state index is 0.0593. The minimum Gasteiger partial charge on any atom is -0.475 e. The van der Waals surface area contributed by atoms with Crippen LogP contribution in [0.5, 0.6) is 0 Å². The van der Waals surface area contributed by atoms with Crippen molar-refractivity contribution >= 4 is 23.7 Å². The van der Waals surface area contributed by atoms with Crippen LogP contribution in [0, 0.1) is 11.8 Å². The molecule has 0 radical (unpaired) electrons. The average molecular weight is 709 g/mol. The monoisotopic (exact) mass is 708 g/mol. The maximum absolute atomic E-state index is 13.7. The number of likely N-dealkylation sites (tertiary alicyclic amines) is 2. The molecular weight excluding hydrogens is 653 g/mol. The van der Waals surface area contributed by atoms with E-state index in [9.17, 15) is 22.8 Å². The number of alkyl halides is 3. The van der Waals surface area contributed by atoms with Crippen molar-refractivity contribution in [2.75, 3.05) is 70.5 Å². The largest absolute Gasteiger partial charge is 0.490 e. The summed E-state index contributed by atoms with van der Waals surface area (Å²) in [5, 5.41) is 7.12. The SMILES string of the molecule is CCCCC1CN(CC2CCCCC2)C(=O)OC12CCN(C1CCN(C(=O)c3ccccc3N3CCOCC3)CC1)CC2.O=C(O)C(F)(F)F. The zero-order valence-corrected chi connectivity index (χ0v) is 29.5. The van der Waals surface area contributed by atoms with Crippen molar-refractivity contribution < 1.29 is 42.1 Å². The Morgan fingerprint density at radius 3 is 2.20 bits per heavy atom. The molecule has 10 nitrogen and oxygen atoms in total. The molecule has 1 unspecified atom stereocenters. The van der Waals surface area contributed by atoms with Gasteiger partial charge in [-0.25, -0.2) is 9.59 Å². The summed E-state index contributed by atoms with van der Waals surface area (Å²) in [5.74, 6) is -1.52. The second-order valence-corrected chi connectivity index (χ2v) is 14.7. The van der Waals surface area contributed by atoms with Crippen LogP contribution in [-0.2, 0) is 14.3 Å². The Morgan fingerprint density at radius 2 is 1.58 bits per heavy atom. The first-order chi connectivity index (χ1) is 24.0. The zero-order valence-electron chi connectivity index (χ0n) is 29.5. The fraction of sp³-hybridized carbons (Fsp3) is 0.757. The number of ether oxygens (including phenoxy) is 2. The summed E-state index contributed by atoms with van der Waals surface area (Å²) >= 11 is 0. The molecule has 1 atom stereocenters. The van der Waals surface area contributed by atoms with Crippen LogP contribution in [0.2, 0.25) is 0 Å². The lowest BCUT2D eigenvalue weighted by atomic mass is 9.75. The Labute approximate surface area is 294 Å². The zero-order chi connectivity index (χ0) is 35.7. The molecule has 2 amide bonds. The molecule has 1 aromatic carbocycles. The molecule has 1 N–H and O–H groups in total. The van der Waals surface area contributed by atoms with Gasteiger partial charge in [0, 0.05) is 82.8 Å². The lowest BCUT2D eigenvalue weighted by molar-refractivity contribution is -0.192. The number of amides is 2. The number of piperidine rings is 2. The Bertz CT molecular complexity index is 1270. The van der Waals surface area contributed by atoms with E-state index in [-0.39, 0.29) is 17.6 Å². The summed E-state index contributed by atoms with van der Waals surface area (Å²) in [6, 6.07) is 8.57. The van der Waals surface area contributed by atoms with Gasteiger partial charge in [-0.2, -0.15) is 13.2 Å². The van der Waals surface area contributed by atoms with Gasteiger partial charge in [-0.3, -0.25) is 9.69 Å². The number of carbonyl (C=O) groups excluding carboxylic acids is 2. The van der Waals surface area contributed by atoms with Gasteiger partial charge < -0.3 is 29.3 Å². The number of carboxylic acids is 1. The Morgan fingerprint density at radius 1 is 0.940 bits per heavy atom. The number of benzene rings is 1. The number of nitrogens with zero attached hydrogens (tertiary/aromatic N) is 4. The molecule has 1 spiro atoms. The van der Waals surface area contributed by atoms with Gasteiger partial charge in [-0.15, -0.1) is 0 Å². The standard InChI is InChI=1S/C35H54N4O4.C2HF3O2/c1-2-3-11-29-27-39(26-28-9-5-4-6-10-28)34(41)43-35(29)16-20-36(21-17-35)30-14-18-38(19-15-30)33(40)31-12-7-8-13-32(31)37-22-24-42-25-23-37;3-2(4,5)1(6)7/h7-8,12-13,28-30H,2-6,9-11,14-27H2,1H3;(H,6,7). The highest BCUT2D eigenvalue weighted by atomic mass is 19.4. The van der Waals surface area contributed by atoms with Crippen LogP contribution in [0.15, 0.2) is 24.3 Å². The maximum Gasteiger partial charge on any atom is 0.490 e. The van der Waals surface area contributed by atoms with Crippen LogP contribution in [0.4, 0.5) is 23.7 Å². The molecule has 4 aliphatic heterocycles. The number of halogens is 3. The number of hydrogen-bond acceptors (Lipinski definition) is 7. The first-order valence-electron chi connectivity index (χ1n) is 18.7. The number of anilines is 1. The molecular formula is C37H55F3N4O6. The van der Waals surface area contributed by atoms with E-state index in [0.717, 1.165) is 95.7 Å². The van der Waals surface area contributed by atoms with Crippen LogP contribution < -0.4 is 4.90 Å². The van der Waals surface area contributed by atoms with Crippen molar-refractivity contribution in [3.8, 4) is 0 Å². The van der Waals surface area contributed by atoms with E-state index in [4.69, 9.17) is 19.4 Å². The van der Waals surface area contributed by atoms with Gasteiger partial charge in [0.1, 0.15) is 5.60 Å². The lowest BCUT2D eigenvalue weighted by Gasteiger charge is -2.52. The van der Waals surface area contributed by atoms with Crippen molar-refractivity contribution in [3.05, 3.63) is 29.8 Å². The van der Waals surface area contributed by atoms with Crippen LogP contribution in [-0.4, -0.2) is 121 Å². The molecule has 1 saturated carbocycles. The second kappa shape index (κ2) is 17.4. The van der Waals surface area contributed by atoms with Gasteiger partial charge in [0.05, 0.1) is 18.8 Å². The first-order valence-corrected chi connectivity index (χ1v) is 18.7. The second-order valence-electron chi connectivity index (χ2n) is 14.7. The molecule has 1 aromatic rings. The van der Waals surface area contributed by atoms with Gasteiger partial charge >= 0.3 is 18.2 Å². The van der Waals surface area contributed by atoms with Crippen molar-refractivity contribution in [3.63, 3.8) is 0 Å². The summed E-state index contributed by atoms with van der Waals surface area (Å²) in [4.78, 5) is 44.9.